The lowest BCUT2D eigenvalue weighted by Gasteiger charge is -2.27. The molecule has 3 N–H and O–H groups in total. The van der Waals surface area contributed by atoms with Gasteiger partial charge < -0.3 is 9.84 Å². The number of nitrogens with one attached hydrogen (secondary N) is 2. The topological polar surface area (TPSA) is 70.6 Å². The molecule has 19 heavy (non-hydrogen) atoms. The highest BCUT2D eigenvalue weighted by Gasteiger charge is 2.22. The number of aromatic hydroxyl groups is 1. The molecule has 1 aromatic carbocycles. The van der Waals surface area contributed by atoms with Crippen LogP contribution in [0.25, 0.3) is 6.08 Å². The fourth-order valence-electron chi connectivity index (χ4n) is 2.04. The Hall–Kier alpha value is -2.01. The van der Waals surface area contributed by atoms with Gasteiger partial charge in [-0.3, -0.25) is 10.2 Å². The quantitative estimate of drug-likeness (QED) is 0.771. The average molecular weight is 262 g/mol. The van der Waals surface area contributed by atoms with Crippen LogP contribution in [0.3, 0.4) is 0 Å². The third-order valence-corrected chi connectivity index (χ3v) is 3.20. The van der Waals surface area contributed by atoms with Crippen molar-refractivity contribution in [1.82, 2.24) is 10.9 Å². The van der Waals surface area contributed by atoms with Crippen molar-refractivity contribution in [2.45, 2.75) is 19.4 Å². The van der Waals surface area contributed by atoms with Crippen molar-refractivity contribution < 1.29 is 14.6 Å². The van der Waals surface area contributed by atoms with E-state index in [0.29, 0.717) is 12.2 Å². The zero-order chi connectivity index (χ0) is 13.8. The van der Waals surface area contributed by atoms with Crippen LogP contribution in [0.2, 0.25) is 0 Å². The fourth-order valence-corrected chi connectivity index (χ4v) is 2.04. The lowest BCUT2D eigenvalue weighted by Crippen LogP contribution is -2.52. The minimum atomic E-state index is 0.0132. The van der Waals surface area contributed by atoms with Crippen LogP contribution in [-0.2, 0) is 4.79 Å². The van der Waals surface area contributed by atoms with Crippen LogP contribution in [0, 0.1) is 5.92 Å². The summed E-state index contributed by atoms with van der Waals surface area (Å²) in [6.45, 7) is 2.02. The van der Waals surface area contributed by atoms with Gasteiger partial charge in [0.05, 0.1) is 7.11 Å². The number of methoxy groups -OCH3 is 1. The number of hydrogen-bond acceptors (Lipinski definition) is 4. The first-order chi connectivity index (χ1) is 9.10. The number of ether oxygens (including phenoxy) is 1. The molecule has 2 unspecified atom stereocenters. The van der Waals surface area contributed by atoms with Gasteiger partial charge in [-0.05, 0) is 23.6 Å². The lowest BCUT2D eigenvalue weighted by atomic mass is 9.96. The molecule has 102 valence electrons. The number of benzene rings is 1. The second kappa shape index (κ2) is 5.75. The predicted octanol–water partition coefficient (Wildman–Crippen LogP) is 1.44. The molecular weight excluding hydrogens is 244 g/mol. The maximum Gasteiger partial charge on any atom is 0.234 e. The molecule has 2 rings (SSSR count). The SMILES string of the molecule is COc1ccc(/C=C/C2NNC(=O)CC2C)cc1O. The molecule has 1 amide bonds. The number of rotatable bonds is 3. The molecule has 5 nitrogen and oxygen atoms in total. The highest BCUT2D eigenvalue weighted by Crippen LogP contribution is 2.27. The molecule has 1 aliphatic heterocycles. The van der Waals surface area contributed by atoms with Crippen molar-refractivity contribution in [3.05, 3.63) is 29.8 Å². The first-order valence-corrected chi connectivity index (χ1v) is 6.19. The van der Waals surface area contributed by atoms with Crippen molar-refractivity contribution in [3.8, 4) is 11.5 Å². The Labute approximate surface area is 112 Å². The van der Waals surface area contributed by atoms with E-state index in [2.05, 4.69) is 10.9 Å². The minimum Gasteiger partial charge on any atom is -0.504 e. The van der Waals surface area contributed by atoms with Crippen LogP contribution in [0.4, 0.5) is 0 Å². The second-order valence-electron chi connectivity index (χ2n) is 4.69. The molecule has 1 aliphatic rings. The molecular formula is C14H18N2O3. The molecule has 1 saturated heterocycles. The van der Waals surface area contributed by atoms with Crippen molar-refractivity contribution in [2.24, 2.45) is 5.92 Å². The first-order valence-electron chi connectivity index (χ1n) is 6.19. The summed E-state index contributed by atoms with van der Waals surface area (Å²) < 4.78 is 4.99. The average Bonchev–Trinajstić information content (AvgIpc) is 2.38. The summed E-state index contributed by atoms with van der Waals surface area (Å²) in [5.41, 5.74) is 6.45. The summed E-state index contributed by atoms with van der Waals surface area (Å²) in [5, 5.41) is 9.68. The Morgan fingerprint density at radius 3 is 2.89 bits per heavy atom. The van der Waals surface area contributed by atoms with Crippen molar-refractivity contribution in [2.75, 3.05) is 7.11 Å². The zero-order valence-corrected chi connectivity index (χ0v) is 11.0. The van der Waals surface area contributed by atoms with Gasteiger partial charge in [-0.15, -0.1) is 0 Å². The van der Waals surface area contributed by atoms with E-state index in [-0.39, 0.29) is 23.6 Å². The van der Waals surface area contributed by atoms with Gasteiger partial charge in [0, 0.05) is 12.5 Å². The molecule has 2 atom stereocenters. The smallest absolute Gasteiger partial charge is 0.234 e. The Bertz CT molecular complexity index is 499. The summed E-state index contributed by atoms with van der Waals surface area (Å²) >= 11 is 0. The van der Waals surface area contributed by atoms with E-state index in [9.17, 15) is 9.90 Å². The molecule has 5 heteroatoms. The number of phenolic OH excluding ortho intramolecular Hbond substituents is 1. The van der Waals surface area contributed by atoms with Gasteiger partial charge in [0.2, 0.25) is 5.91 Å². The van der Waals surface area contributed by atoms with Gasteiger partial charge >= 0.3 is 0 Å². The predicted molar refractivity (Wildman–Crippen MR) is 72.5 cm³/mol. The van der Waals surface area contributed by atoms with E-state index in [1.165, 1.54) is 7.11 Å². The van der Waals surface area contributed by atoms with Crippen molar-refractivity contribution in [3.63, 3.8) is 0 Å². The van der Waals surface area contributed by atoms with Gasteiger partial charge in [0.1, 0.15) is 0 Å². The van der Waals surface area contributed by atoms with Gasteiger partial charge in [0.25, 0.3) is 0 Å². The number of carbonyl (C=O) groups is 1. The Morgan fingerprint density at radius 2 is 2.26 bits per heavy atom. The Balaban J connectivity index is 2.06. The van der Waals surface area contributed by atoms with Crippen LogP contribution in [0.5, 0.6) is 11.5 Å². The number of carbonyl (C=O) groups excluding carboxylic acids is 1. The normalized spacial score (nSPS) is 23.4. The standard InChI is InChI=1S/C14H18N2O3/c1-9-7-14(18)16-15-11(9)5-3-10-4-6-13(19-2)12(17)8-10/h3-6,8-9,11,15,17H,7H2,1-2H3,(H,16,18)/b5-3+. The third-order valence-electron chi connectivity index (χ3n) is 3.20. The maximum absolute atomic E-state index is 11.2. The fraction of sp³-hybridized carbons (Fsp3) is 0.357. The van der Waals surface area contributed by atoms with Crippen LogP contribution in [0.15, 0.2) is 24.3 Å². The van der Waals surface area contributed by atoms with Gasteiger partial charge in [-0.25, -0.2) is 5.43 Å². The molecule has 1 fully saturated rings. The maximum atomic E-state index is 11.2. The van der Waals surface area contributed by atoms with E-state index < -0.39 is 0 Å². The Kier molecular flexibility index (Phi) is 4.06. The van der Waals surface area contributed by atoms with Crippen LogP contribution in [0.1, 0.15) is 18.9 Å². The van der Waals surface area contributed by atoms with Crippen LogP contribution < -0.4 is 15.6 Å². The van der Waals surface area contributed by atoms with E-state index >= 15 is 0 Å². The van der Waals surface area contributed by atoms with E-state index in [1.807, 2.05) is 25.1 Å². The second-order valence-corrected chi connectivity index (χ2v) is 4.69. The molecule has 1 aromatic rings. The molecule has 0 radical (unpaired) electrons. The van der Waals surface area contributed by atoms with E-state index in [0.717, 1.165) is 5.56 Å². The summed E-state index contributed by atoms with van der Waals surface area (Å²) in [4.78, 5) is 11.2. The van der Waals surface area contributed by atoms with E-state index in [4.69, 9.17) is 4.74 Å². The van der Waals surface area contributed by atoms with Crippen molar-refractivity contribution >= 4 is 12.0 Å². The highest BCUT2D eigenvalue weighted by atomic mass is 16.5. The molecule has 0 saturated carbocycles. The first kappa shape index (κ1) is 13.4. The molecule has 1 heterocycles. The number of hydrazine groups is 1. The molecule has 0 aromatic heterocycles. The van der Waals surface area contributed by atoms with Crippen LogP contribution >= 0.6 is 0 Å². The zero-order valence-electron chi connectivity index (χ0n) is 11.0. The van der Waals surface area contributed by atoms with Gasteiger partial charge in [-0.1, -0.05) is 25.1 Å². The number of hydrogen-bond donors (Lipinski definition) is 3. The number of phenols is 1. The summed E-state index contributed by atoms with van der Waals surface area (Å²) in [6.07, 6.45) is 4.39. The van der Waals surface area contributed by atoms with Crippen LogP contribution in [-0.4, -0.2) is 24.2 Å². The van der Waals surface area contributed by atoms with Gasteiger partial charge in [-0.2, -0.15) is 0 Å². The largest absolute Gasteiger partial charge is 0.504 e. The van der Waals surface area contributed by atoms with E-state index in [1.54, 1.807) is 12.1 Å². The lowest BCUT2D eigenvalue weighted by molar-refractivity contribution is -0.125. The molecule has 0 spiro atoms. The highest BCUT2D eigenvalue weighted by molar-refractivity contribution is 5.76. The third kappa shape index (κ3) is 3.26. The minimum absolute atomic E-state index is 0.0132. The van der Waals surface area contributed by atoms with Gasteiger partial charge in [0.15, 0.2) is 11.5 Å². The summed E-state index contributed by atoms with van der Waals surface area (Å²) in [5.74, 6) is 0.812. The summed E-state index contributed by atoms with van der Waals surface area (Å²) in [7, 11) is 1.51. The monoisotopic (exact) mass is 262 g/mol. The number of amides is 1. The molecule has 0 aliphatic carbocycles. The summed E-state index contributed by atoms with van der Waals surface area (Å²) in [6, 6.07) is 5.30. The van der Waals surface area contributed by atoms with Crippen molar-refractivity contribution in [1.29, 1.82) is 0 Å². The molecule has 0 bridgehead atoms. The Morgan fingerprint density at radius 1 is 1.47 bits per heavy atom.